The van der Waals surface area contributed by atoms with E-state index in [9.17, 15) is 13.6 Å². The zero-order chi connectivity index (χ0) is 16.4. The van der Waals surface area contributed by atoms with Crippen LogP contribution in [0.4, 0.5) is 8.78 Å². The Morgan fingerprint density at radius 3 is 3.00 bits per heavy atom. The molecule has 1 atom stereocenters. The average molecular weight is 321 g/mol. The topological polar surface area (TPSA) is 67.2 Å². The van der Waals surface area contributed by atoms with Crippen molar-refractivity contribution in [3.63, 3.8) is 0 Å². The van der Waals surface area contributed by atoms with Gasteiger partial charge in [0.15, 0.2) is 5.82 Å². The van der Waals surface area contributed by atoms with Crippen LogP contribution in [-0.2, 0) is 11.2 Å². The Morgan fingerprint density at radius 2 is 2.26 bits per heavy atom. The van der Waals surface area contributed by atoms with E-state index >= 15 is 0 Å². The van der Waals surface area contributed by atoms with Crippen LogP contribution in [0.3, 0.4) is 0 Å². The molecule has 7 heteroatoms. The van der Waals surface area contributed by atoms with Gasteiger partial charge in [-0.3, -0.25) is 4.79 Å². The SMILES string of the molecule is O=C(CCO)N[C@H]1CCCc2c1cnn2-c1ccc(F)cc1F. The van der Waals surface area contributed by atoms with Crippen LogP contribution in [0.5, 0.6) is 0 Å². The highest BCUT2D eigenvalue weighted by atomic mass is 19.1. The Balaban J connectivity index is 1.92. The summed E-state index contributed by atoms with van der Waals surface area (Å²) in [6, 6.07) is 3.17. The van der Waals surface area contributed by atoms with E-state index in [4.69, 9.17) is 5.11 Å². The molecule has 1 aliphatic carbocycles. The third-order valence-electron chi connectivity index (χ3n) is 3.99. The van der Waals surface area contributed by atoms with Gasteiger partial charge in [-0.25, -0.2) is 13.5 Å². The molecule has 5 nitrogen and oxygen atoms in total. The first kappa shape index (κ1) is 15.6. The molecule has 2 N–H and O–H groups in total. The summed E-state index contributed by atoms with van der Waals surface area (Å²) in [6.45, 7) is -0.203. The largest absolute Gasteiger partial charge is 0.396 e. The van der Waals surface area contributed by atoms with Crippen LogP contribution in [0.15, 0.2) is 24.4 Å². The standard InChI is InChI=1S/C16H17F2N3O2/c17-10-4-5-15(12(18)8-10)21-14-3-1-2-13(11(14)9-19-21)20-16(23)6-7-22/h4-5,8-9,13,22H,1-3,6-7H2,(H,20,23)/t13-/m0/s1. The lowest BCUT2D eigenvalue weighted by atomic mass is 9.92. The second-order valence-corrected chi connectivity index (χ2v) is 5.54. The predicted octanol–water partition coefficient (Wildman–Crippen LogP) is 2.03. The maximum atomic E-state index is 14.0. The second kappa shape index (κ2) is 6.45. The number of benzene rings is 1. The molecule has 0 radical (unpaired) electrons. The predicted molar refractivity (Wildman–Crippen MR) is 79.0 cm³/mol. The van der Waals surface area contributed by atoms with Gasteiger partial charge in [0.1, 0.15) is 11.5 Å². The van der Waals surface area contributed by atoms with Crippen molar-refractivity contribution in [2.75, 3.05) is 6.61 Å². The Labute approximate surface area is 131 Å². The van der Waals surface area contributed by atoms with Gasteiger partial charge >= 0.3 is 0 Å². The van der Waals surface area contributed by atoms with Crippen molar-refractivity contribution in [1.29, 1.82) is 0 Å². The molecular formula is C16H17F2N3O2. The zero-order valence-electron chi connectivity index (χ0n) is 12.4. The number of hydrogen-bond donors (Lipinski definition) is 2. The normalized spacial score (nSPS) is 16.9. The van der Waals surface area contributed by atoms with E-state index in [-0.39, 0.29) is 30.7 Å². The van der Waals surface area contributed by atoms with Crippen molar-refractivity contribution in [2.24, 2.45) is 0 Å². The van der Waals surface area contributed by atoms with Crippen LogP contribution in [0.25, 0.3) is 5.69 Å². The lowest BCUT2D eigenvalue weighted by molar-refractivity contribution is -0.122. The Bertz CT molecular complexity index is 730. The first-order valence-corrected chi connectivity index (χ1v) is 7.52. The van der Waals surface area contributed by atoms with Crippen molar-refractivity contribution in [1.82, 2.24) is 15.1 Å². The van der Waals surface area contributed by atoms with Crippen molar-refractivity contribution in [3.05, 3.63) is 47.3 Å². The molecule has 0 spiro atoms. The molecule has 122 valence electrons. The van der Waals surface area contributed by atoms with Gasteiger partial charge in [0.05, 0.1) is 18.8 Å². The molecule has 3 rings (SSSR count). The van der Waals surface area contributed by atoms with Gasteiger partial charge in [-0.2, -0.15) is 5.10 Å². The number of aliphatic hydroxyl groups is 1. The summed E-state index contributed by atoms with van der Waals surface area (Å²) >= 11 is 0. The lowest BCUT2D eigenvalue weighted by Gasteiger charge is -2.24. The van der Waals surface area contributed by atoms with Gasteiger partial charge in [0.25, 0.3) is 0 Å². The fraction of sp³-hybridized carbons (Fsp3) is 0.375. The van der Waals surface area contributed by atoms with E-state index in [1.807, 2.05) is 0 Å². The number of carbonyl (C=O) groups excluding carboxylic acids is 1. The Hall–Kier alpha value is -2.28. The number of halogens is 2. The van der Waals surface area contributed by atoms with Gasteiger partial charge in [-0.15, -0.1) is 0 Å². The minimum atomic E-state index is -0.678. The molecule has 0 bridgehead atoms. The third kappa shape index (κ3) is 3.10. The first-order chi connectivity index (χ1) is 11.1. The summed E-state index contributed by atoms with van der Waals surface area (Å²) in [5, 5.41) is 15.9. The molecule has 0 saturated carbocycles. The average Bonchev–Trinajstić information content (AvgIpc) is 2.92. The highest BCUT2D eigenvalue weighted by Crippen LogP contribution is 2.31. The molecule has 2 aromatic rings. The van der Waals surface area contributed by atoms with Crippen LogP contribution in [0, 0.1) is 11.6 Å². The third-order valence-corrected chi connectivity index (χ3v) is 3.99. The van der Waals surface area contributed by atoms with Gasteiger partial charge in [0, 0.05) is 23.7 Å². The second-order valence-electron chi connectivity index (χ2n) is 5.54. The highest BCUT2D eigenvalue weighted by molar-refractivity contribution is 5.76. The molecule has 1 aromatic carbocycles. The van der Waals surface area contributed by atoms with Crippen molar-refractivity contribution in [2.45, 2.75) is 31.7 Å². The van der Waals surface area contributed by atoms with E-state index < -0.39 is 11.6 Å². The molecule has 1 aliphatic rings. The van der Waals surface area contributed by atoms with E-state index in [0.29, 0.717) is 6.42 Å². The number of rotatable bonds is 4. The molecule has 0 aliphatic heterocycles. The number of nitrogens with one attached hydrogen (secondary N) is 1. The summed E-state index contributed by atoms with van der Waals surface area (Å²) in [5.74, 6) is -1.55. The summed E-state index contributed by atoms with van der Waals surface area (Å²) < 4.78 is 28.5. The van der Waals surface area contributed by atoms with E-state index in [2.05, 4.69) is 10.4 Å². The van der Waals surface area contributed by atoms with Crippen LogP contribution in [0.1, 0.15) is 36.6 Å². The number of carbonyl (C=O) groups is 1. The number of aromatic nitrogens is 2. The zero-order valence-corrected chi connectivity index (χ0v) is 12.4. The fourth-order valence-electron chi connectivity index (χ4n) is 2.94. The number of hydrogen-bond acceptors (Lipinski definition) is 3. The van der Waals surface area contributed by atoms with Crippen LogP contribution in [-0.4, -0.2) is 27.4 Å². The molecule has 0 fully saturated rings. The van der Waals surface area contributed by atoms with Gasteiger partial charge in [-0.1, -0.05) is 0 Å². The molecular weight excluding hydrogens is 304 g/mol. The van der Waals surface area contributed by atoms with Gasteiger partial charge in [0.2, 0.25) is 5.91 Å². The van der Waals surface area contributed by atoms with Gasteiger partial charge < -0.3 is 10.4 Å². The quantitative estimate of drug-likeness (QED) is 0.905. The number of aliphatic hydroxyl groups excluding tert-OH is 1. The minimum absolute atomic E-state index is 0.0482. The maximum absolute atomic E-state index is 14.0. The molecule has 0 saturated heterocycles. The molecule has 1 amide bonds. The van der Waals surface area contributed by atoms with Crippen LogP contribution < -0.4 is 5.32 Å². The van der Waals surface area contributed by atoms with Crippen molar-refractivity contribution >= 4 is 5.91 Å². The molecule has 1 aromatic heterocycles. The smallest absolute Gasteiger partial charge is 0.222 e. The maximum Gasteiger partial charge on any atom is 0.222 e. The Morgan fingerprint density at radius 1 is 1.43 bits per heavy atom. The van der Waals surface area contributed by atoms with Gasteiger partial charge in [-0.05, 0) is 31.4 Å². The van der Waals surface area contributed by atoms with E-state index in [1.165, 1.54) is 16.8 Å². The van der Waals surface area contributed by atoms with Crippen LogP contribution in [0.2, 0.25) is 0 Å². The summed E-state index contributed by atoms with van der Waals surface area (Å²) in [7, 11) is 0. The minimum Gasteiger partial charge on any atom is -0.396 e. The number of nitrogens with zero attached hydrogens (tertiary/aromatic N) is 2. The molecule has 23 heavy (non-hydrogen) atoms. The summed E-state index contributed by atoms with van der Waals surface area (Å²) in [4.78, 5) is 11.7. The van der Waals surface area contributed by atoms with Crippen LogP contribution >= 0.6 is 0 Å². The summed E-state index contributed by atoms with van der Waals surface area (Å²) in [5.41, 5.74) is 1.84. The fourth-order valence-corrected chi connectivity index (χ4v) is 2.94. The monoisotopic (exact) mass is 321 g/mol. The number of amides is 1. The highest BCUT2D eigenvalue weighted by Gasteiger charge is 2.26. The van der Waals surface area contributed by atoms with E-state index in [1.54, 1.807) is 6.20 Å². The number of fused-ring (bicyclic) bond motifs is 1. The Kier molecular flexibility index (Phi) is 4.38. The summed E-state index contributed by atoms with van der Waals surface area (Å²) in [6.07, 6.45) is 3.96. The van der Waals surface area contributed by atoms with Crippen molar-refractivity contribution < 1.29 is 18.7 Å². The lowest BCUT2D eigenvalue weighted by Crippen LogP contribution is -2.31. The van der Waals surface area contributed by atoms with E-state index in [0.717, 1.165) is 30.2 Å². The molecule has 1 heterocycles. The molecule has 0 unspecified atom stereocenters. The first-order valence-electron chi connectivity index (χ1n) is 7.52. The van der Waals surface area contributed by atoms with Crippen molar-refractivity contribution in [3.8, 4) is 5.69 Å².